The van der Waals surface area contributed by atoms with Crippen molar-refractivity contribution in [1.82, 2.24) is 0 Å². The van der Waals surface area contributed by atoms with Crippen LogP contribution in [0, 0.1) is 0 Å². The Morgan fingerprint density at radius 1 is 0.538 bits per heavy atom. The van der Waals surface area contributed by atoms with Crippen molar-refractivity contribution >= 4 is 16.9 Å². The summed E-state index contributed by atoms with van der Waals surface area (Å²) >= 11 is 0. The maximum absolute atomic E-state index is 12.6. The van der Waals surface area contributed by atoms with Gasteiger partial charge in [0.15, 0.2) is 13.2 Å². The highest BCUT2D eigenvalue weighted by atomic mass is 19.4. The van der Waals surface area contributed by atoms with Crippen LogP contribution in [-0.4, -0.2) is 25.6 Å². The van der Waals surface area contributed by atoms with Gasteiger partial charge in [-0.3, -0.25) is 0 Å². The maximum atomic E-state index is 12.6. The summed E-state index contributed by atoms with van der Waals surface area (Å²) in [5.74, 6) is 0.101. The van der Waals surface area contributed by atoms with Crippen LogP contribution in [0.3, 0.4) is 0 Å². The zero-order valence-electron chi connectivity index (χ0n) is 20.4. The molecule has 4 aromatic carbocycles. The third-order valence-electron chi connectivity index (χ3n) is 5.46. The summed E-state index contributed by atoms with van der Waals surface area (Å²) in [6.07, 6.45) is -7.07. The molecule has 0 bridgehead atoms. The summed E-state index contributed by atoms with van der Waals surface area (Å²) in [5.41, 5.74) is 3.64. The number of nitrogens with zero attached hydrogens (tertiary/aromatic N) is 1. The molecule has 0 N–H and O–H groups in total. The highest BCUT2D eigenvalue weighted by molar-refractivity contribution is 5.84. The molecule has 4 rings (SSSR count). The Labute approximate surface area is 221 Å². The molecule has 0 aliphatic rings. The molecule has 3 nitrogen and oxygen atoms in total. The molecule has 4 aromatic rings. The van der Waals surface area contributed by atoms with Gasteiger partial charge >= 0.3 is 12.4 Å². The van der Waals surface area contributed by atoms with E-state index in [1.807, 2.05) is 71.8 Å². The van der Waals surface area contributed by atoms with Crippen LogP contribution in [0.5, 0.6) is 11.5 Å². The summed E-state index contributed by atoms with van der Waals surface area (Å²) in [6.45, 7) is -2.82. The number of hydrogen-bond donors (Lipinski definition) is 0. The molecule has 0 heterocycles. The molecule has 0 aromatic heterocycles. The first kappa shape index (κ1) is 27.6. The standard InChI is InChI=1S/C30H23F6NO2/c31-29(32,33)20-38-26-15-11-22(12-16-26)28(23-13-17-27(18-14-23)39-21-30(34,35)36)19-37(24-7-3-1-4-8-24)25-9-5-2-6-10-25/h1-19H,20-21H2. The second-order valence-electron chi connectivity index (χ2n) is 8.44. The van der Waals surface area contributed by atoms with Crippen molar-refractivity contribution in [2.45, 2.75) is 12.4 Å². The Hall–Kier alpha value is -4.40. The predicted molar refractivity (Wildman–Crippen MR) is 138 cm³/mol. The third kappa shape index (κ3) is 8.29. The van der Waals surface area contributed by atoms with E-state index in [0.29, 0.717) is 16.7 Å². The highest BCUT2D eigenvalue weighted by Crippen LogP contribution is 2.33. The van der Waals surface area contributed by atoms with Crippen LogP contribution >= 0.6 is 0 Å². The van der Waals surface area contributed by atoms with Crippen molar-refractivity contribution < 1.29 is 35.8 Å². The Bertz CT molecular complexity index is 1250. The number of anilines is 2. The zero-order valence-corrected chi connectivity index (χ0v) is 20.4. The van der Waals surface area contributed by atoms with E-state index in [-0.39, 0.29) is 11.5 Å². The first-order valence-corrected chi connectivity index (χ1v) is 11.8. The summed E-state index contributed by atoms with van der Waals surface area (Å²) < 4.78 is 85.1. The van der Waals surface area contributed by atoms with Gasteiger partial charge in [-0.1, -0.05) is 60.7 Å². The van der Waals surface area contributed by atoms with Crippen LogP contribution in [0.15, 0.2) is 115 Å². The van der Waals surface area contributed by atoms with Gasteiger partial charge < -0.3 is 14.4 Å². The number of ether oxygens (including phenoxy) is 2. The van der Waals surface area contributed by atoms with E-state index in [9.17, 15) is 26.3 Å². The number of alkyl halides is 6. The second kappa shape index (κ2) is 12.0. The Balaban J connectivity index is 1.75. The first-order valence-electron chi connectivity index (χ1n) is 11.8. The van der Waals surface area contributed by atoms with E-state index in [2.05, 4.69) is 0 Å². The van der Waals surface area contributed by atoms with Gasteiger partial charge in [0.2, 0.25) is 0 Å². The fourth-order valence-electron chi connectivity index (χ4n) is 3.71. The van der Waals surface area contributed by atoms with Crippen molar-refractivity contribution in [2.24, 2.45) is 0 Å². The van der Waals surface area contributed by atoms with E-state index < -0.39 is 25.6 Å². The third-order valence-corrected chi connectivity index (χ3v) is 5.46. The number of para-hydroxylation sites is 2. The zero-order chi connectivity index (χ0) is 27.9. The van der Waals surface area contributed by atoms with Gasteiger partial charge in [-0.25, -0.2) is 0 Å². The molecule has 0 radical (unpaired) electrons. The maximum Gasteiger partial charge on any atom is 0.422 e. The molecule has 0 aliphatic heterocycles. The minimum absolute atomic E-state index is 0.0503. The van der Waals surface area contributed by atoms with E-state index >= 15 is 0 Å². The van der Waals surface area contributed by atoms with E-state index in [1.165, 1.54) is 24.3 Å². The van der Waals surface area contributed by atoms with Gasteiger partial charge in [-0.2, -0.15) is 26.3 Å². The molecule has 0 saturated carbocycles. The van der Waals surface area contributed by atoms with Gasteiger partial charge in [-0.05, 0) is 59.7 Å². The van der Waals surface area contributed by atoms with Crippen LogP contribution in [0.25, 0.3) is 5.57 Å². The molecular weight excluding hydrogens is 520 g/mol. The number of rotatable bonds is 9. The molecule has 0 amide bonds. The average molecular weight is 544 g/mol. The number of benzene rings is 4. The molecule has 202 valence electrons. The monoisotopic (exact) mass is 543 g/mol. The lowest BCUT2D eigenvalue weighted by atomic mass is 9.98. The minimum atomic E-state index is -4.47. The average Bonchev–Trinajstić information content (AvgIpc) is 2.92. The van der Waals surface area contributed by atoms with Crippen molar-refractivity contribution in [3.63, 3.8) is 0 Å². The van der Waals surface area contributed by atoms with Gasteiger partial charge in [0.1, 0.15) is 11.5 Å². The van der Waals surface area contributed by atoms with Crippen LogP contribution in [-0.2, 0) is 0 Å². The Morgan fingerprint density at radius 2 is 0.897 bits per heavy atom. The normalized spacial score (nSPS) is 11.5. The number of halogens is 6. The van der Waals surface area contributed by atoms with Gasteiger partial charge in [0.05, 0.1) is 0 Å². The molecule has 0 aliphatic carbocycles. The minimum Gasteiger partial charge on any atom is -0.484 e. The van der Waals surface area contributed by atoms with Crippen molar-refractivity contribution in [1.29, 1.82) is 0 Å². The van der Waals surface area contributed by atoms with Crippen LogP contribution < -0.4 is 14.4 Å². The lowest BCUT2D eigenvalue weighted by Crippen LogP contribution is -2.19. The van der Waals surface area contributed by atoms with Crippen molar-refractivity contribution in [3.8, 4) is 11.5 Å². The Kier molecular flexibility index (Phi) is 8.49. The fraction of sp³-hybridized carbons (Fsp3) is 0.133. The van der Waals surface area contributed by atoms with E-state index in [1.54, 1.807) is 24.3 Å². The highest BCUT2D eigenvalue weighted by Gasteiger charge is 2.29. The molecule has 39 heavy (non-hydrogen) atoms. The van der Waals surface area contributed by atoms with Crippen LogP contribution in [0.4, 0.5) is 37.7 Å². The van der Waals surface area contributed by atoms with E-state index in [0.717, 1.165) is 11.4 Å². The quantitative estimate of drug-likeness (QED) is 0.197. The van der Waals surface area contributed by atoms with Crippen molar-refractivity contribution in [2.75, 3.05) is 18.1 Å². The lowest BCUT2D eigenvalue weighted by molar-refractivity contribution is -0.154. The lowest BCUT2D eigenvalue weighted by Gasteiger charge is -2.23. The fourth-order valence-corrected chi connectivity index (χ4v) is 3.71. The van der Waals surface area contributed by atoms with Gasteiger partial charge in [-0.15, -0.1) is 0 Å². The first-order chi connectivity index (χ1) is 18.6. The SMILES string of the molecule is FC(F)(F)COc1ccc(C(=CN(c2ccccc2)c2ccccc2)c2ccc(OCC(F)(F)F)cc2)cc1. The largest absolute Gasteiger partial charge is 0.484 e. The summed E-state index contributed by atoms with van der Waals surface area (Å²) in [5, 5.41) is 0. The molecule has 0 fully saturated rings. The molecular formula is C30H23F6NO2. The van der Waals surface area contributed by atoms with E-state index in [4.69, 9.17) is 9.47 Å². The predicted octanol–water partition coefficient (Wildman–Crippen LogP) is 8.80. The topological polar surface area (TPSA) is 21.7 Å². The molecule has 0 atom stereocenters. The second-order valence-corrected chi connectivity index (χ2v) is 8.44. The summed E-state index contributed by atoms with van der Waals surface area (Å²) in [7, 11) is 0. The summed E-state index contributed by atoms with van der Waals surface area (Å²) in [6, 6.07) is 31.2. The molecule has 9 heteroatoms. The van der Waals surface area contributed by atoms with Crippen molar-refractivity contribution in [3.05, 3.63) is 127 Å². The van der Waals surface area contributed by atoms with Crippen LogP contribution in [0.2, 0.25) is 0 Å². The molecule has 0 saturated heterocycles. The van der Waals surface area contributed by atoms with Gasteiger partial charge in [0.25, 0.3) is 0 Å². The molecule has 0 spiro atoms. The summed E-state index contributed by atoms with van der Waals surface area (Å²) in [4.78, 5) is 1.94. The van der Waals surface area contributed by atoms with Gasteiger partial charge in [0, 0.05) is 23.1 Å². The molecule has 0 unspecified atom stereocenters. The Morgan fingerprint density at radius 3 is 1.23 bits per heavy atom. The number of hydrogen-bond acceptors (Lipinski definition) is 3. The smallest absolute Gasteiger partial charge is 0.422 e. The van der Waals surface area contributed by atoms with Crippen LogP contribution in [0.1, 0.15) is 11.1 Å².